The van der Waals surface area contributed by atoms with E-state index in [1.807, 2.05) is 6.07 Å². The molecule has 1 saturated carbocycles. The Kier molecular flexibility index (Phi) is 6.38. The first-order chi connectivity index (χ1) is 13.6. The highest BCUT2D eigenvalue weighted by atomic mass is 32.2. The van der Waals surface area contributed by atoms with Gasteiger partial charge in [0.15, 0.2) is 5.82 Å². The smallest absolute Gasteiger partial charge is 0.318 e. The molecular weight excluding hydrogens is 412 g/mol. The summed E-state index contributed by atoms with van der Waals surface area (Å²) in [6, 6.07) is 7.70. The average molecular weight is 434 g/mol. The molecule has 2 aromatic rings. The van der Waals surface area contributed by atoms with Crippen molar-refractivity contribution in [2.24, 2.45) is 5.92 Å². The highest BCUT2D eigenvalue weighted by Crippen LogP contribution is 2.39. The van der Waals surface area contributed by atoms with Crippen LogP contribution < -0.4 is 4.89 Å². The van der Waals surface area contributed by atoms with E-state index in [-0.39, 0.29) is 5.39 Å². The third-order valence-corrected chi connectivity index (χ3v) is 6.27. The lowest BCUT2D eigenvalue weighted by molar-refractivity contribution is -0.130. The fourth-order valence-electron chi connectivity index (χ4n) is 3.92. The predicted octanol–water partition coefficient (Wildman–Crippen LogP) is 6.21. The van der Waals surface area contributed by atoms with Crippen LogP contribution in [0.3, 0.4) is 0 Å². The second kappa shape index (κ2) is 8.47. The largest absolute Gasteiger partial charge is 0.526 e. The van der Waals surface area contributed by atoms with Crippen LogP contribution in [0.1, 0.15) is 56.9 Å². The fraction of sp³-hybridized carbons (Fsp3) is 0.500. The molecule has 0 radical (unpaired) electrons. The maximum Gasteiger partial charge on any atom is 0.526 e. The second-order valence-electron chi connectivity index (χ2n) is 7.42. The van der Waals surface area contributed by atoms with Gasteiger partial charge in [-0.05, 0) is 58.9 Å². The van der Waals surface area contributed by atoms with Gasteiger partial charge < -0.3 is 4.89 Å². The minimum absolute atomic E-state index is 0.110. The molecule has 4 nitrogen and oxygen atoms in total. The molecule has 0 unspecified atom stereocenters. The lowest BCUT2D eigenvalue weighted by Crippen LogP contribution is -2.26. The van der Waals surface area contributed by atoms with Gasteiger partial charge in [0.1, 0.15) is 0 Å². The summed E-state index contributed by atoms with van der Waals surface area (Å²) in [7, 11) is -5.98. The van der Waals surface area contributed by atoms with Gasteiger partial charge in [-0.15, -0.1) is 0 Å². The number of benzene rings is 2. The molecule has 0 atom stereocenters. The Bertz CT molecular complexity index is 964. The van der Waals surface area contributed by atoms with Crippen LogP contribution in [-0.2, 0) is 14.5 Å². The summed E-state index contributed by atoms with van der Waals surface area (Å²) in [4.78, 5) is 4.13. The molecule has 0 spiro atoms. The van der Waals surface area contributed by atoms with E-state index in [1.165, 1.54) is 37.8 Å². The lowest BCUT2D eigenvalue weighted by Gasteiger charge is -2.28. The maximum absolute atomic E-state index is 14.6. The Hall–Kier alpha value is -1.87. The minimum atomic E-state index is -5.98. The molecule has 0 heterocycles. The molecule has 160 valence electrons. The van der Waals surface area contributed by atoms with Gasteiger partial charge in [0, 0.05) is 5.39 Å². The predicted molar refractivity (Wildman–Crippen MR) is 100 cm³/mol. The van der Waals surface area contributed by atoms with Crippen molar-refractivity contribution in [2.45, 2.75) is 56.9 Å². The quantitative estimate of drug-likeness (QED) is 0.235. The Morgan fingerprint density at radius 1 is 1.07 bits per heavy atom. The van der Waals surface area contributed by atoms with Gasteiger partial charge in [-0.2, -0.15) is 21.6 Å². The van der Waals surface area contributed by atoms with Crippen molar-refractivity contribution in [3.05, 3.63) is 41.7 Å². The van der Waals surface area contributed by atoms with Gasteiger partial charge in [-0.25, -0.2) is 4.39 Å². The molecule has 2 aromatic carbocycles. The fourth-order valence-corrected chi connectivity index (χ4v) is 4.16. The third-order valence-electron chi connectivity index (χ3n) is 5.45. The Balaban J connectivity index is 1.76. The maximum atomic E-state index is 14.6. The first-order valence-electron chi connectivity index (χ1n) is 9.52. The van der Waals surface area contributed by atoms with Crippen molar-refractivity contribution in [1.82, 2.24) is 0 Å². The van der Waals surface area contributed by atoms with Gasteiger partial charge >= 0.3 is 15.6 Å². The number of rotatable bonds is 6. The Morgan fingerprint density at radius 3 is 2.38 bits per heavy atom. The van der Waals surface area contributed by atoms with E-state index in [0.717, 1.165) is 30.4 Å². The standard InChI is InChI=1S/C20H22F4O4S/c1-2-3-13-4-6-14(7-5-13)15-8-10-17-16(12-15)9-11-18(19(17)21)27-28-29(25,26)20(22,23)24/h8-14H,2-7H2,1H3. The first kappa shape index (κ1) is 21.8. The van der Waals surface area contributed by atoms with Crippen molar-refractivity contribution in [3.63, 3.8) is 0 Å². The van der Waals surface area contributed by atoms with Gasteiger partial charge in [0.2, 0.25) is 5.75 Å². The van der Waals surface area contributed by atoms with Crippen LogP contribution in [-0.4, -0.2) is 13.9 Å². The highest BCUT2D eigenvalue weighted by molar-refractivity contribution is 7.87. The molecule has 0 saturated heterocycles. The van der Waals surface area contributed by atoms with Crippen molar-refractivity contribution >= 4 is 20.9 Å². The number of hydrogen-bond acceptors (Lipinski definition) is 4. The summed E-state index contributed by atoms with van der Waals surface area (Å²) in [6.45, 7) is 2.19. The minimum Gasteiger partial charge on any atom is -0.318 e. The molecule has 0 aliphatic heterocycles. The molecule has 9 heteroatoms. The van der Waals surface area contributed by atoms with Crippen LogP contribution in [0.15, 0.2) is 30.3 Å². The summed E-state index contributed by atoms with van der Waals surface area (Å²) in [5.74, 6) is -0.565. The first-order valence-corrected chi connectivity index (χ1v) is 10.9. The molecule has 3 rings (SSSR count). The van der Waals surface area contributed by atoms with E-state index in [4.69, 9.17) is 0 Å². The van der Waals surface area contributed by atoms with Gasteiger partial charge in [-0.3, -0.25) is 0 Å². The molecule has 0 bridgehead atoms. The molecule has 1 aliphatic carbocycles. The topological polar surface area (TPSA) is 52.6 Å². The summed E-state index contributed by atoms with van der Waals surface area (Å²) in [5, 5.41) is 0.667. The third kappa shape index (κ3) is 4.83. The van der Waals surface area contributed by atoms with E-state index >= 15 is 0 Å². The number of hydrogen-bond donors (Lipinski definition) is 0. The van der Waals surface area contributed by atoms with E-state index in [0.29, 0.717) is 11.3 Å². The van der Waals surface area contributed by atoms with E-state index in [1.54, 1.807) is 6.07 Å². The lowest BCUT2D eigenvalue weighted by atomic mass is 9.77. The monoisotopic (exact) mass is 434 g/mol. The molecule has 1 fully saturated rings. The second-order valence-corrected chi connectivity index (χ2v) is 8.92. The normalized spacial score (nSPS) is 20.7. The van der Waals surface area contributed by atoms with Crippen molar-refractivity contribution in [2.75, 3.05) is 0 Å². The molecular formula is C20H22F4O4S. The van der Waals surface area contributed by atoms with Gasteiger partial charge in [0.25, 0.3) is 0 Å². The molecule has 0 amide bonds. The van der Waals surface area contributed by atoms with E-state index in [2.05, 4.69) is 16.1 Å². The van der Waals surface area contributed by atoms with Crippen molar-refractivity contribution in [1.29, 1.82) is 0 Å². The van der Waals surface area contributed by atoms with Crippen LogP contribution in [0.2, 0.25) is 0 Å². The van der Waals surface area contributed by atoms with Gasteiger partial charge in [0.05, 0.1) is 0 Å². The van der Waals surface area contributed by atoms with E-state index in [9.17, 15) is 26.0 Å². The summed E-state index contributed by atoms with van der Waals surface area (Å²) in [6.07, 6.45) is 6.91. The van der Waals surface area contributed by atoms with Crippen LogP contribution in [0, 0.1) is 11.7 Å². The highest BCUT2D eigenvalue weighted by Gasteiger charge is 2.49. The Labute approximate surface area is 166 Å². The number of fused-ring (bicyclic) bond motifs is 1. The number of alkyl halides is 3. The molecule has 0 aromatic heterocycles. The average Bonchev–Trinajstić information content (AvgIpc) is 2.67. The molecule has 29 heavy (non-hydrogen) atoms. The Morgan fingerprint density at radius 2 is 1.76 bits per heavy atom. The zero-order chi connectivity index (χ0) is 21.2. The summed E-state index contributed by atoms with van der Waals surface area (Å²) in [5.41, 5.74) is -4.57. The zero-order valence-electron chi connectivity index (χ0n) is 15.8. The zero-order valence-corrected chi connectivity index (χ0v) is 16.7. The van der Waals surface area contributed by atoms with Crippen LogP contribution in [0.5, 0.6) is 5.75 Å². The summed E-state index contributed by atoms with van der Waals surface area (Å²) >= 11 is 0. The number of halogens is 4. The summed E-state index contributed by atoms with van der Waals surface area (Å²) < 4.78 is 76.7. The van der Waals surface area contributed by atoms with Gasteiger partial charge in [-0.1, -0.05) is 44.0 Å². The molecule has 1 aliphatic rings. The van der Waals surface area contributed by atoms with E-state index < -0.39 is 27.2 Å². The molecule has 0 N–H and O–H groups in total. The van der Waals surface area contributed by atoms with Crippen molar-refractivity contribution < 1.29 is 35.2 Å². The van der Waals surface area contributed by atoms with Crippen molar-refractivity contribution in [3.8, 4) is 5.75 Å². The van der Waals surface area contributed by atoms with Crippen LogP contribution in [0.4, 0.5) is 17.6 Å². The SMILES string of the molecule is CCCC1CCC(c2ccc3c(F)c(OOS(=O)(=O)C(F)(F)F)ccc3c2)CC1. The van der Waals surface area contributed by atoms with Crippen LogP contribution in [0.25, 0.3) is 10.8 Å². The van der Waals surface area contributed by atoms with Crippen LogP contribution >= 0.6 is 0 Å².